The first-order valence-electron chi connectivity index (χ1n) is 7.63. The van der Waals surface area contributed by atoms with E-state index < -0.39 is 0 Å². The molecule has 0 aromatic heterocycles. The minimum Gasteiger partial charge on any atom is -0.371 e. The molecule has 0 bridgehead atoms. The fourth-order valence-electron chi connectivity index (χ4n) is 3.83. The van der Waals surface area contributed by atoms with Crippen molar-refractivity contribution in [3.63, 3.8) is 0 Å². The summed E-state index contributed by atoms with van der Waals surface area (Å²) in [4.78, 5) is 2.66. The molecule has 104 valence electrons. The predicted octanol–water partition coefficient (Wildman–Crippen LogP) is 4.70. The molecule has 1 aromatic carbocycles. The molecule has 0 amide bonds. The maximum Gasteiger partial charge on any atom is 0.0399 e. The molecule has 0 saturated heterocycles. The zero-order valence-corrected chi connectivity index (χ0v) is 13.5. The lowest BCUT2D eigenvalue weighted by Gasteiger charge is -2.39. The smallest absolute Gasteiger partial charge is 0.0399 e. The van der Waals surface area contributed by atoms with Crippen LogP contribution < -0.4 is 4.90 Å². The summed E-state index contributed by atoms with van der Waals surface area (Å²) in [6.07, 6.45) is 8.20. The minimum absolute atomic E-state index is 0.527. The fraction of sp³-hybridized carbons (Fsp3) is 0.647. The summed E-state index contributed by atoms with van der Waals surface area (Å²) in [5.74, 6) is 0. The van der Waals surface area contributed by atoms with Gasteiger partial charge in [-0.05, 0) is 49.7 Å². The molecule has 0 atom stereocenters. The average molecular weight is 322 g/mol. The Morgan fingerprint density at radius 3 is 2.74 bits per heavy atom. The molecule has 1 aromatic rings. The lowest BCUT2D eigenvalue weighted by molar-refractivity contribution is 0.346. The van der Waals surface area contributed by atoms with Gasteiger partial charge in [0.1, 0.15) is 0 Å². The molecule has 2 heteroatoms. The van der Waals surface area contributed by atoms with E-state index >= 15 is 0 Å². The molecular weight excluding hydrogens is 298 g/mol. The number of anilines is 1. The maximum absolute atomic E-state index is 3.79. The SMILES string of the molecule is Cc1ccc2c(c1)CCCN2CC1(CBr)CCCC1. The Balaban J connectivity index is 1.83. The number of halogens is 1. The van der Waals surface area contributed by atoms with Crippen molar-refractivity contribution in [2.45, 2.75) is 45.4 Å². The molecule has 1 aliphatic carbocycles. The summed E-state index contributed by atoms with van der Waals surface area (Å²) in [5.41, 5.74) is 4.99. The number of fused-ring (bicyclic) bond motifs is 1. The zero-order chi connectivity index (χ0) is 13.3. The Labute approximate surface area is 125 Å². The Bertz CT molecular complexity index is 449. The summed E-state index contributed by atoms with van der Waals surface area (Å²) in [6.45, 7) is 4.69. The first-order chi connectivity index (χ1) is 9.22. The van der Waals surface area contributed by atoms with E-state index in [2.05, 4.69) is 46.0 Å². The zero-order valence-electron chi connectivity index (χ0n) is 11.9. The van der Waals surface area contributed by atoms with Crippen LogP contribution in [-0.2, 0) is 6.42 Å². The van der Waals surface area contributed by atoms with Gasteiger partial charge >= 0.3 is 0 Å². The van der Waals surface area contributed by atoms with E-state index in [1.165, 1.54) is 62.9 Å². The van der Waals surface area contributed by atoms with Crippen molar-refractivity contribution >= 4 is 21.6 Å². The van der Waals surface area contributed by atoms with Crippen molar-refractivity contribution in [1.29, 1.82) is 0 Å². The third-order valence-corrected chi connectivity index (χ3v) is 6.11. The molecule has 1 aliphatic heterocycles. The van der Waals surface area contributed by atoms with Crippen LogP contribution in [0.15, 0.2) is 18.2 Å². The second kappa shape index (κ2) is 5.47. The van der Waals surface area contributed by atoms with Crippen molar-refractivity contribution < 1.29 is 0 Å². The molecule has 2 aliphatic rings. The summed E-state index contributed by atoms with van der Waals surface area (Å²) < 4.78 is 0. The standard InChI is InChI=1S/C17H24BrN/c1-14-6-7-16-15(11-14)5-4-10-19(16)13-17(12-18)8-2-3-9-17/h6-7,11H,2-5,8-10,12-13H2,1H3. The van der Waals surface area contributed by atoms with Gasteiger partial charge in [0.05, 0.1) is 0 Å². The van der Waals surface area contributed by atoms with E-state index in [0.717, 1.165) is 5.33 Å². The average Bonchev–Trinajstić information content (AvgIpc) is 2.88. The lowest BCUT2D eigenvalue weighted by atomic mass is 9.87. The number of alkyl halides is 1. The van der Waals surface area contributed by atoms with E-state index in [4.69, 9.17) is 0 Å². The quantitative estimate of drug-likeness (QED) is 0.729. The van der Waals surface area contributed by atoms with Gasteiger partial charge in [-0.25, -0.2) is 0 Å². The minimum atomic E-state index is 0.527. The summed E-state index contributed by atoms with van der Waals surface area (Å²) in [5, 5.41) is 1.16. The van der Waals surface area contributed by atoms with Crippen molar-refractivity contribution in [2.75, 3.05) is 23.3 Å². The van der Waals surface area contributed by atoms with Crippen LogP contribution in [0.5, 0.6) is 0 Å². The van der Waals surface area contributed by atoms with Crippen molar-refractivity contribution in [3.05, 3.63) is 29.3 Å². The first-order valence-corrected chi connectivity index (χ1v) is 8.75. The Hall–Kier alpha value is -0.500. The Morgan fingerprint density at radius 1 is 1.21 bits per heavy atom. The molecule has 1 heterocycles. The highest BCUT2D eigenvalue weighted by Gasteiger charge is 2.35. The maximum atomic E-state index is 3.79. The van der Waals surface area contributed by atoms with Gasteiger partial charge in [-0.3, -0.25) is 0 Å². The highest BCUT2D eigenvalue weighted by Crippen LogP contribution is 2.42. The molecular formula is C17H24BrN. The highest BCUT2D eigenvalue weighted by atomic mass is 79.9. The number of benzene rings is 1. The molecule has 1 fully saturated rings. The van der Waals surface area contributed by atoms with Crippen LogP contribution in [0.25, 0.3) is 0 Å². The molecule has 0 N–H and O–H groups in total. The second-order valence-electron chi connectivity index (χ2n) is 6.50. The Morgan fingerprint density at radius 2 is 2.00 bits per heavy atom. The summed E-state index contributed by atoms with van der Waals surface area (Å²) in [6, 6.07) is 7.00. The van der Waals surface area contributed by atoms with Crippen LogP contribution >= 0.6 is 15.9 Å². The van der Waals surface area contributed by atoms with E-state index in [1.54, 1.807) is 5.56 Å². The van der Waals surface area contributed by atoms with Crippen LogP contribution in [0.2, 0.25) is 0 Å². The van der Waals surface area contributed by atoms with E-state index in [0.29, 0.717) is 5.41 Å². The summed E-state index contributed by atoms with van der Waals surface area (Å²) >= 11 is 3.79. The fourth-order valence-corrected chi connectivity index (χ4v) is 4.57. The third-order valence-electron chi connectivity index (χ3n) is 4.92. The van der Waals surface area contributed by atoms with E-state index in [-0.39, 0.29) is 0 Å². The highest BCUT2D eigenvalue weighted by molar-refractivity contribution is 9.09. The van der Waals surface area contributed by atoms with Crippen LogP contribution in [0.4, 0.5) is 5.69 Å². The molecule has 0 spiro atoms. The van der Waals surface area contributed by atoms with E-state index in [1.807, 2.05) is 0 Å². The van der Waals surface area contributed by atoms with Gasteiger partial charge in [-0.1, -0.05) is 46.5 Å². The number of nitrogens with zero attached hydrogens (tertiary/aromatic N) is 1. The van der Waals surface area contributed by atoms with Gasteiger partial charge in [0.25, 0.3) is 0 Å². The lowest BCUT2D eigenvalue weighted by Crippen LogP contribution is -2.40. The predicted molar refractivity (Wildman–Crippen MR) is 86.4 cm³/mol. The monoisotopic (exact) mass is 321 g/mol. The van der Waals surface area contributed by atoms with Crippen LogP contribution in [-0.4, -0.2) is 18.4 Å². The van der Waals surface area contributed by atoms with Crippen molar-refractivity contribution in [1.82, 2.24) is 0 Å². The van der Waals surface area contributed by atoms with E-state index in [9.17, 15) is 0 Å². The molecule has 3 rings (SSSR count). The number of aryl methyl sites for hydroxylation is 2. The molecule has 0 unspecified atom stereocenters. The molecule has 19 heavy (non-hydrogen) atoms. The molecule has 0 radical (unpaired) electrons. The van der Waals surface area contributed by atoms with Gasteiger partial charge in [-0.15, -0.1) is 0 Å². The number of rotatable bonds is 3. The van der Waals surface area contributed by atoms with Crippen LogP contribution in [0, 0.1) is 12.3 Å². The topological polar surface area (TPSA) is 3.24 Å². The third kappa shape index (κ3) is 2.69. The Kier molecular flexibility index (Phi) is 3.88. The van der Waals surface area contributed by atoms with Crippen molar-refractivity contribution in [3.8, 4) is 0 Å². The first kappa shape index (κ1) is 13.5. The summed E-state index contributed by atoms with van der Waals surface area (Å²) in [7, 11) is 0. The molecule has 1 nitrogen and oxygen atoms in total. The van der Waals surface area contributed by atoms with Gasteiger partial charge in [-0.2, -0.15) is 0 Å². The van der Waals surface area contributed by atoms with Gasteiger partial charge < -0.3 is 4.90 Å². The van der Waals surface area contributed by atoms with Gasteiger partial charge in [0, 0.05) is 24.1 Å². The largest absolute Gasteiger partial charge is 0.371 e. The van der Waals surface area contributed by atoms with Crippen LogP contribution in [0.1, 0.15) is 43.2 Å². The van der Waals surface area contributed by atoms with Gasteiger partial charge in [0.15, 0.2) is 0 Å². The number of hydrogen-bond acceptors (Lipinski definition) is 1. The van der Waals surface area contributed by atoms with Gasteiger partial charge in [0.2, 0.25) is 0 Å². The van der Waals surface area contributed by atoms with Crippen LogP contribution in [0.3, 0.4) is 0 Å². The molecule has 1 saturated carbocycles. The number of hydrogen-bond donors (Lipinski definition) is 0. The second-order valence-corrected chi connectivity index (χ2v) is 7.06. The van der Waals surface area contributed by atoms with Crippen molar-refractivity contribution in [2.24, 2.45) is 5.41 Å². The normalized spacial score (nSPS) is 21.5.